The lowest BCUT2D eigenvalue weighted by atomic mass is 10.1. The number of ether oxygens (including phenoxy) is 1. The molecule has 0 aliphatic rings. The zero-order valence-corrected chi connectivity index (χ0v) is 13.3. The molecular formula is C18H15N3O4. The summed E-state index contributed by atoms with van der Waals surface area (Å²) in [6, 6.07) is 12.7. The Hall–Kier alpha value is -3.66. The van der Waals surface area contributed by atoms with Crippen LogP contribution in [0.5, 0.6) is 5.75 Å². The number of anilines is 1. The van der Waals surface area contributed by atoms with E-state index in [0.717, 1.165) is 0 Å². The van der Waals surface area contributed by atoms with Crippen molar-refractivity contribution < 1.29 is 14.5 Å². The van der Waals surface area contributed by atoms with E-state index in [2.05, 4.69) is 11.9 Å². The number of allylic oxidation sites excluding steroid dienone is 1. The lowest BCUT2D eigenvalue weighted by Crippen LogP contribution is -2.21. The van der Waals surface area contributed by atoms with E-state index in [0.29, 0.717) is 29.0 Å². The van der Waals surface area contributed by atoms with Gasteiger partial charge in [0.2, 0.25) is 0 Å². The summed E-state index contributed by atoms with van der Waals surface area (Å²) in [5.74, 6) is -0.0696. The Morgan fingerprint density at radius 3 is 2.80 bits per heavy atom. The van der Waals surface area contributed by atoms with E-state index >= 15 is 0 Å². The maximum Gasteiger partial charge on any atom is 0.269 e. The smallest absolute Gasteiger partial charge is 0.269 e. The SMILES string of the molecule is C=CCc1cc([N+](=O)[O-])ccc1OCC(=O)Nc1ccccc1C#N. The van der Waals surface area contributed by atoms with Crippen LogP contribution in [0.2, 0.25) is 0 Å². The molecule has 2 aromatic rings. The molecule has 1 amide bonds. The number of carbonyl (C=O) groups excluding carboxylic acids is 1. The van der Waals surface area contributed by atoms with Crippen molar-refractivity contribution in [1.82, 2.24) is 0 Å². The molecule has 0 aromatic heterocycles. The molecule has 0 spiro atoms. The molecule has 126 valence electrons. The number of para-hydroxylation sites is 1. The Morgan fingerprint density at radius 2 is 2.12 bits per heavy atom. The van der Waals surface area contributed by atoms with Gasteiger partial charge in [-0.15, -0.1) is 6.58 Å². The van der Waals surface area contributed by atoms with Crippen molar-refractivity contribution in [3.8, 4) is 11.8 Å². The summed E-state index contributed by atoms with van der Waals surface area (Å²) in [4.78, 5) is 22.4. The monoisotopic (exact) mass is 337 g/mol. The van der Waals surface area contributed by atoms with E-state index in [1.54, 1.807) is 30.3 Å². The van der Waals surface area contributed by atoms with Gasteiger partial charge in [-0.2, -0.15) is 5.26 Å². The number of hydrogen-bond donors (Lipinski definition) is 1. The Kier molecular flexibility index (Phi) is 5.85. The summed E-state index contributed by atoms with van der Waals surface area (Å²) in [5.41, 5.74) is 1.25. The van der Waals surface area contributed by atoms with Gasteiger partial charge >= 0.3 is 0 Å². The summed E-state index contributed by atoms with van der Waals surface area (Å²) < 4.78 is 5.47. The number of non-ortho nitro benzene ring substituents is 1. The van der Waals surface area contributed by atoms with E-state index in [9.17, 15) is 14.9 Å². The molecule has 0 saturated carbocycles. The molecule has 1 N–H and O–H groups in total. The summed E-state index contributed by atoms with van der Waals surface area (Å²) in [6.45, 7) is 3.32. The molecule has 0 saturated heterocycles. The second kappa shape index (κ2) is 8.26. The van der Waals surface area contributed by atoms with Crippen LogP contribution in [0, 0.1) is 21.4 Å². The van der Waals surface area contributed by atoms with E-state index in [4.69, 9.17) is 10.00 Å². The highest BCUT2D eigenvalue weighted by atomic mass is 16.6. The number of benzene rings is 2. The highest BCUT2D eigenvalue weighted by molar-refractivity contribution is 5.93. The van der Waals surface area contributed by atoms with Gasteiger partial charge in [-0.1, -0.05) is 18.2 Å². The van der Waals surface area contributed by atoms with Crippen molar-refractivity contribution in [1.29, 1.82) is 5.26 Å². The molecule has 0 aliphatic heterocycles. The lowest BCUT2D eigenvalue weighted by Gasteiger charge is -2.11. The van der Waals surface area contributed by atoms with Crippen molar-refractivity contribution in [2.45, 2.75) is 6.42 Å². The number of nitro groups is 1. The second-order valence-corrected chi connectivity index (χ2v) is 5.04. The van der Waals surface area contributed by atoms with Crippen molar-refractivity contribution >= 4 is 17.3 Å². The van der Waals surface area contributed by atoms with Crippen LogP contribution in [0.25, 0.3) is 0 Å². The fraction of sp³-hybridized carbons (Fsp3) is 0.111. The molecule has 7 nitrogen and oxygen atoms in total. The molecule has 0 heterocycles. The first-order valence-electron chi connectivity index (χ1n) is 7.35. The molecule has 0 atom stereocenters. The molecule has 0 fully saturated rings. The zero-order chi connectivity index (χ0) is 18.2. The Labute approximate surface area is 144 Å². The number of carbonyl (C=O) groups is 1. The minimum Gasteiger partial charge on any atom is -0.483 e. The van der Waals surface area contributed by atoms with Crippen molar-refractivity contribution in [3.05, 3.63) is 76.4 Å². The average molecular weight is 337 g/mol. The molecule has 2 aromatic carbocycles. The number of nitro benzene ring substituents is 1. The van der Waals surface area contributed by atoms with Crippen LogP contribution < -0.4 is 10.1 Å². The van der Waals surface area contributed by atoms with Crippen LogP contribution in [0.3, 0.4) is 0 Å². The third-order valence-corrected chi connectivity index (χ3v) is 3.30. The van der Waals surface area contributed by atoms with E-state index in [-0.39, 0.29) is 12.3 Å². The third-order valence-electron chi connectivity index (χ3n) is 3.30. The third kappa shape index (κ3) is 4.65. The normalized spacial score (nSPS) is 9.72. The number of nitrogens with one attached hydrogen (secondary N) is 1. The van der Waals surface area contributed by atoms with Gasteiger partial charge < -0.3 is 10.1 Å². The highest BCUT2D eigenvalue weighted by Crippen LogP contribution is 2.25. The Morgan fingerprint density at radius 1 is 1.36 bits per heavy atom. The van der Waals surface area contributed by atoms with Gasteiger partial charge in [-0.25, -0.2) is 0 Å². The lowest BCUT2D eigenvalue weighted by molar-refractivity contribution is -0.384. The van der Waals surface area contributed by atoms with Gasteiger partial charge in [0.25, 0.3) is 11.6 Å². The van der Waals surface area contributed by atoms with E-state index in [1.165, 1.54) is 18.2 Å². The number of nitrogens with zero attached hydrogens (tertiary/aromatic N) is 2. The number of amides is 1. The maximum atomic E-state index is 12.0. The molecule has 0 aliphatic carbocycles. The topological polar surface area (TPSA) is 105 Å². The minimum atomic E-state index is -0.498. The highest BCUT2D eigenvalue weighted by Gasteiger charge is 2.13. The fourth-order valence-corrected chi connectivity index (χ4v) is 2.15. The Bertz CT molecular complexity index is 856. The van der Waals surface area contributed by atoms with Gasteiger partial charge in [0.1, 0.15) is 11.8 Å². The largest absolute Gasteiger partial charge is 0.483 e. The van der Waals surface area contributed by atoms with Crippen LogP contribution in [0.1, 0.15) is 11.1 Å². The molecule has 25 heavy (non-hydrogen) atoms. The summed E-state index contributed by atoms with van der Waals surface area (Å²) in [6.07, 6.45) is 1.96. The Balaban J connectivity index is 2.07. The summed E-state index contributed by atoms with van der Waals surface area (Å²) in [7, 11) is 0. The molecular weight excluding hydrogens is 322 g/mol. The van der Waals surface area contributed by atoms with Gasteiger partial charge in [-0.3, -0.25) is 14.9 Å². The van der Waals surface area contributed by atoms with E-state index < -0.39 is 10.8 Å². The van der Waals surface area contributed by atoms with Gasteiger partial charge in [0.15, 0.2) is 6.61 Å². The van der Waals surface area contributed by atoms with Crippen molar-refractivity contribution in [2.75, 3.05) is 11.9 Å². The van der Waals surface area contributed by atoms with Crippen molar-refractivity contribution in [3.63, 3.8) is 0 Å². The van der Waals surface area contributed by atoms with Crippen LogP contribution in [-0.4, -0.2) is 17.4 Å². The zero-order valence-electron chi connectivity index (χ0n) is 13.3. The average Bonchev–Trinajstić information content (AvgIpc) is 2.61. The quantitative estimate of drug-likeness (QED) is 0.474. The molecule has 0 bridgehead atoms. The fourth-order valence-electron chi connectivity index (χ4n) is 2.15. The van der Waals surface area contributed by atoms with Gasteiger partial charge in [0, 0.05) is 17.7 Å². The van der Waals surface area contributed by atoms with Gasteiger partial charge in [-0.05, 0) is 24.6 Å². The van der Waals surface area contributed by atoms with Crippen LogP contribution in [-0.2, 0) is 11.2 Å². The van der Waals surface area contributed by atoms with Crippen molar-refractivity contribution in [2.24, 2.45) is 0 Å². The molecule has 2 rings (SSSR count). The van der Waals surface area contributed by atoms with Gasteiger partial charge in [0.05, 0.1) is 16.2 Å². The first-order valence-corrected chi connectivity index (χ1v) is 7.35. The summed E-state index contributed by atoms with van der Waals surface area (Å²) in [5, 5.41) is 22.5. The number of hydrogen-bond acceptors (Lipinski definition) is 5. The molecule has 7 heteroatoms. The van der Waals surface area contributed by atoms with Crippen LogP contribution in [0.4, 0.5) is 11.4 Å². The molecule has 0 radical (unpaired) electrons. The first kappa shape index (κ1) is 17.7. The standard InChI is InChI=1S/C18H15N3O4/c1-2-5-13-10-15(21(23)24)8-9-17(13)25-12-18(22)20-16-7-4-3-6-14(16)11-19/h2-4,6-10H,1,5,12H2,(H,20,22). The molecule has 0 unspecified atom stereocenters. The number of nitriles is 1. The van der Waals surface area contributed by atoms with Crippen LogP contribution >= 0.6 is 0 Å². The second-order valence-electron chi connectivity index (χ2n) is 5.04. The van der Waals surface area contributed by atoms with Crippen LogP contribution in [0.15, 0.2) is 55.1 Å². The predicted octanol–water partition coefficient (Wildman–Crippen LogP) is 3.21. The minimum absolute atomic E-state index is 0.0587. The first-order chi connectivity index (χ1) is 12.0. The predicted molar refractivity (Wildman–Crippen MR) is 92.3 cm³/mol. The van der Waals surface area contributed by atoms with E-state index in [1.807, 2.05) is 6.07 Å². The maximum absolute atomic E-state index is 12.0. The summed E-state index contributed by atoms with van der Waals surface area (Å²) >= 11 is 0. The number of rotatable bonds is 7.